The van der Waals surface area contributed by atoms with Gasteiger partial charge in [-0.05, 0) is 48.9 Å². The number of carbonyl (C=O) groups excluding carboxylic acids is 1. The lowest BCUT2D eigenvalue weighted by Crippen LogP contribution is -2.52. The highest BCUT2D eigenvalue weighted by Crippen LogP contribution is 2.26. The van der Waals surface area contributed by atoms with Gasteiger partial charge in [-0.1, -0.05) is 31.9 Å². The number of carbonyl (C=O) groups is 1. The topological polar surface area (TPSA) is 52.6 Å². The average molecular weight is 434 g/mol. The maximum atomic E-state index is 13.1. The summed E-state index contributed by atoms with van der Waals surface area (Å²) in [6.45, 7) is 7.87. The lowest BCUT2D eigenvalue weighted by molar-refractivity contribution is 0.0763. The Morgan fingerprint density at radius 2 is 1.75 bits per heavy atom. The number of nitrogens with zero attached hydrogens (tertiary/aromatic N) is 5. The largest absolute Gasteiger partial charge is 0.338 e. The number of anilines is 1. The van der Waals surface area contributed by atoms with Gasteiger partial charge in [0.05, 0.1) is 5.69 Å². The van der Waals surface area contributed by atoms with Crippen LogP contribution in [0.3, 0.4) is 0 Å². The molecule has 32 heavy (non-hydrogen) atoms. The van der Waals surface area contributed by atoms with Crippen molar-refractivity contribution in [3.05, 3.63) is 52.8 Å². The van der Waals surface area contributed by atoms with E-state index >= 15 is 0 Å². The van der Waals surface area contributed by atoms with E-state index in [1.165, 1.54) is 30.4 Å². The van der Waals surface area contributed by atoms with Crippen LogP contribution in [-0.4, -0.2) is 71.0 Å². The Morgan fingerprint density at radius 1 is 1.00 bits per heavy atom. The van der Waals surface area contributed by atoms with Crippen LogP contribution in [0.25, 0.3) is 0 Å². The summed E-state index contributed by atoms with van der Waals surface area (Å²) in [4.78, 5) is 29.7. The standard InChI is InChI=1S/C26H35N5O/c1-2-4-20-7-9-21(10-8-20)25(32)30-13-11-22-19-27-26(28-24(22)12-14-30)31-17-15-29(16-18-31)23-5-3-6-23/h7-10,19,23H,2-6,11-18H2,1H3. The van der Waals surface area contributed by atoms with Gasteiger partial charge in [0.2, 0.25) is 5.95 Å². The Hall–Kier alpha value is -2.47. The fourth-order valence-electron chi connectivity index (χ4n) is 5.14. The summed E-state index contributed by atoms with van der Waals surface area (Å²) in [5.74, 6) is 0.990. The molecule has 170 valence electrons. The SMILES string of the molecule is CCCc1ccc(C(=O)N2CCc3cnc(N4CCN(C5CCC5)CC4)nc3CC2)cc1. The van der Waals surface area contributed by atoms with Gasteiger partial charge in [0, 0.05) is 63.5 Å². The zero-order chi connectivity index (χ0) is 21.9. The summed E-state index contributed by atoms with van der Waals surface area (Å²) in [5, 5.41) is 0. The van der Waals surface area contributed by atoms with Crippen LogP contribution in [0.15, 0.2) is 30.5 Å². The minimum absolute atomic E-state index is 0.126. The highest BCUT2D eigenvalue weighted by atomic mass is 16.2. The first-order valence-corrected chi connectivity index (χ1v) is 12.4. The summed E-state index contributed by atoms with van der Waals surface area (Å²) < 4.78 is 0. The molecule has 0 radical (unpaired) electrons. The predicted octanol–water partition coefficient (Wildman–Crippen LogP) is 3.34. The van der Waals surface area contributed by atoms with E-state index in [2.05, 4.69) is 28.9 Å². The van der Waals surface area contributed by atoms with Gasteiger partial charge in [0.25, 0.3) is 5.91 Å². The number of rotatable bonds is 5. The first-order valence-electron chi connectivity index (χ1n) is 12.4. The van der Waals surface area contributed by atoms with Crippen LogP contribution in [0.4, 0.5) is 5.95 Å². The summed E-state index contributed by atoms with van der Waals surface area (Å²) in [6.07, 6.45) is 9.94. The van der Waals surface area contributed by atoms with E-state index in [4.69, 9.17) is 9.97 Å². The van der Waals surface area contributed by atoms with Crippen LogP contribution in [-0.2, 0) is 19.3 Å². The summed E-state index contributed by atoms with van der Waals surface area (Å²) >= 11 is 0. The van der Waals surface area contributed by atoms with Crippen molar-refractivity contribution in [3.8, 4) is 0 Å². The molecule has 2 fully saturated rings. The second-order valence-electron chi connectivity index (χ2n) is 9.49. The second kappa shape index (κ2) is 9.57. The van der Waals surface area contributed by atoms with Crippen molar-refractivity contribution in [2.75, 3.05) is 44.2 Å². The van der Waals surface area contributed by atoms with Crippen molar-refractivity contribution in [1.82, 2.24) is 19.8 Å². The molecule has 1 aromatic heterocycles. The number of amides is 1. The van der Waals surface area contributed by atoms with E-state index in [0.29, 0.717) is 6.54 Å². The lowest BCUT2D eigenvalue weighted by Gasteiger charge is -2.43. The number of fused-ring (bicyclic) bond motifs is 1. The summed E-state index contributed by atoms with van der Waals surface area (Å²) in [5.41, 5.74) is 4.39. The zero-order valence-corrected chi connectivity index (χ0v) is 19.3. The Balaban J connectivity index is 1.21. The number of hydrogen-bond acceptors (Lipinski definition) is 5. The molecule has 0 bridgehead atoms. The maximum Gasteiger partial charge on any atom is 0.253 e. The molecular weight excluding hydrogens is 398 g/mol. The lowest BCUT2D eigenvalue weighted by atomic mass is 9.91. The van der Waals surface area contributed by atoms with Crippen molar-refractivity contribution in [1.29, 1.82) is 0 Å². The number of aryl methyl sites for hydroxylation is 1. The van der Waals surface area contributed by atoms with E-state index in [-0.39, 0.29) is 5.91 Å². The first-order chi connectivity index (χ1) is 15.7. The molecule has 0 spiro atoms. The third-order valence-electron chi connectivity index (χ3n) is 7.43. The van der Waals surface area contributed by atoms with Crippen LogP contribution in [0.1, 0.15) is 59.8 Å². The molecule has 2 aliphatic heterocycles. The molecule has 6 nitrogen and oxygen atoms in total. The summed E-state index contributed by atoms with van der Waals surface area (Å²) in [6, 6.07) is 8.95. The Bertz CT molecular complexity index is 932. The third kappa shape index (κ3) is 4.51. The van der Waals surface area contributed by atoms with Crippen molar-refractivity contribution in [2.45, 2.75) is 57.9 Å². The van der Waals surface area contributed by atoms with Gasteiger partial charge in [0.15, 0.2) is 0 Å². The molecule has 1 saturated carbocycles. The van der Waals surface area contributed by atoms with Gasteiger partial charge in [-0.3, -0.25) is 9.69 Å². The number of piperazine rings is 1. The van der Waals surface area contributed by atoms with Gasteiger partial charge in [0.1, 0.15) is 0 Å². The monoisotopic (exact) mass is 433 g/mol. The average Bonchev–Trinajstić information content (AvgIpc) is 3.01. The van der Waals surface area contributed by atoms with Gasteiger partial charge in [-0.2, -0.15) is 0 Å². The fraction of sp³-hybridized carbons (Fsp3) is 0.577. The summed E-state index contributed by atoms with van der Waals surface area (Å²) in [7, 11) is 0. The van der Waals surface area contributed by atoms with Crippen LogP contribution < -0.4 is 4.90 Å². The molecule has 2 aromatic rings. The zero-order valence-electron chi connectivity index (χ0n) is 19.3. The van der Waals surface area contributed by atoms with Crippen molar-refractivity contribution in [3.63, 3.8) is 0 Å². The number of aromatic nitrogens is 2. The normalized spacial score (nSPS) is 19.9. The molecule has 0 unspecified atom stereocenters. The molecule has 3 heterocycles. The molecule has 0 N–H and O–H groups in total. The van der Waals surface area contributed by atoms with Gasteiger partial charge in [-0.25, -0.2) is 9.97 Å². The Morgan fingerprint density at radius 3 is 2.44 bits per heavy atom. The number of hydrogen-bond donors (Lipinski definition) is 0. The van der Waals surface area contributed by atoms with Crippen LogP contribution in [0, 0.1) is 0 Å². The minimum atomic E-state index is 0.126. The van der Waals surface area contributed by atoms with Crippen LogP contribution >= 0.6 is 0 Å². The second-order valence-corrected chi connectivity index (χ2v) is 9.49. The molecular formula is C26H35N5O. The minimum Gasteiger partial charge on any atom is -0.338 e. The molecule has 1 aromatic carbocycles. The maximum absolute atomic E-state index is 13.1. The van der Waals surface area contributed by atoms with Gasteiger partial charge >= 0.3 is 0 Å². The van der Waals surface area contributed by atoms with Gasteiger partial charge in [-0.15, -0.1) is 0 Å². The molecule has 0 atom stereocenters. The Kier molecular flexibility index (Phi) is 6.39. The molecule has 1 saturated heterocycles. The Labute approximate surface area is 191 Å². The molecule has 1 aliphatic carbocycles. The van der Waals surface area contributed by atoms with E-state index in [0.717, 1.165) is 81.7 Å². The van der Waals surface area contributed by atoms with Gasteiger partial charge < -0.3 is 9.80 Å². The van der Waals surface area contributed by atoms with Crippen molar-refractivity contribution < 1.29 is 4.79 Å². The smallest absolute Gasteiger partial charge is 0.253 e. The van der Waals surface area contributed by atoms with E-state index < -0.39 is 0 Å². The quantitative estimate of drug-likeness (QED) is 0.724. The highest BCUT2D eigenvalue weighted by Gasteiger charge is 2.29. The molecule has 6 heteroatoms. The third-order valence-corrected chi connectivity index (χ3v) is 7.43. The van der Waals surface area contributed by atoms with Crippen LogP contribution in [0.5, 0.6) is 0 Å². The first kappa shape index (κ1) is 21.4. The van der Waals surface area contributed by atoms with E-state index in [9.17, 15) is 4.79 Å². The molecule has 5 rings (SSSR count). The molecule has 3 aliphatic rings. The van der Waals surface area contributed by atoms with Crippen molar-refractivity contribution in [2.24, 2.45) is 0 Å². The van der Waals surface area contributed by atoms with Crippen LogP contribution in [0.2, 0.25) is 0 Å². The number of benzene rings is 1. The highest BCUT2D eigenvalue weighted by molar-refractivity contribution is 5.94. The van der Waals surface area contributed by atoms with E-state index in [1.807, 2.05) is 23.2 Å². The van der Waals surface area contributed by atoms with Crippen molar-refractivity contribution >= 4 is 11.9 Å². The predicted molar refractivity (Wildman–Crippen MR) is 127 cm³/mol. The molecule has 1 amide bonds. The van der Waals surface area contributed by atoms with E-state index in [1.54, 1.807) is 0 Å². The fourth-order valence-corrected chi connectivity index (χ4v) is 5.14.